The lowest BCUT2D eigenvalue weighted by atomic mass is 10.1. The highest BCUT2D eigenvalue weighted by atomic mass is 35.5. The number of rotatable bonds is 2. The number of aromatic nitrogens is 1. The van der Waals surface area contributed by atoms with E-state index in [-0.39, 0.29) is 0 Å². The molecular formula is C13H12ClN3S. The van der Waals surface area contributed by atoms with E-state index in [0.29, 0.717) is 21.5 Å². The van der Waals surface area contributed by atoms with E-state index < -0.39 is 0 Å². The van der Waals surface area contributed by atoms with Gasteiger partial charge in [-0.05, 0) is 31.2 Å². The Labute approximate surface area is 116 Å². The number of nitrogens with two attached hydrogens (primary N) is 1. The molecule has 0 saturated carbocycles. The van der Waals surface area contributed by atoms with Gasteiger partial charge in [-0.2, -0.15) is 0 Å². The van der Waals surface area contributed by atoms with E-state index in [0.717, 1.165) is 11.1 Å². The molecule has 92 valence electrons. The molecule has 3 N–H and O–H groups in total. The second kappa shape index (κ2) is 5.33. The highest BCUT2D eigenvalue weighted by Gasteiger charge is 2.06. The van der Waals surface area contributed by atoms with E-state index in [1.807, 2.05) is 25.1 Å². The Morgan fingerprint density at radius 1 is 1.33 bits per heavy atom. The van der Waals surface area contributed by atoms with E-state index in [2.05, 4.69) is 10.3 Å². The van der Waals surface area contributed by atoms with Crippen LogP contribution in [0.3, 0.4) is 0 Å². The molecule has 0 saturated heterocycles. The van der Waals surface area contributed by atoms with Crippen molar-refractivity contribution >= 4 is 40.3 Å². The largest absolute Gasteiger partial charge is 0.398 e. The summed E-state index contributed by atoms with van der Waals surface area (Å²) in [7, 11) is 0. The lowest BCUT2D eigenvalue weighted by Gasteiger charge is -2.10. The standard InChI is InChI=1S/C13H12ClN3S/c1-8-2-4-11(15)10(6-8)13(18)17-12-5-3-9(14)7-16-12/h2-7H,15H2,1H3,(H,16,17,18). The fourth-order valence-electron chi connectivity index (χ4n) is 1.50. The quantitative estimate of drug-likeness (QED) is 0.652. The maximum Gasteiger partial charge on any atom is 0.131 e. The summed E-state index contributed by atoms with van der Waals surface area (Å²) in [5.41, 5.74) is 8.46. The minimum absolute atomic E-state index is 0.547. The smallest absolute Gasteiger partial charge is 0.131 e. The third kappa shape index (κ3) is 2.97. The number of nitrogens with one attached hydrogen (secondary N) is 1. The monoisotopic (exact) mass is 277 g/mol. The summed E-state index contributed by atoms with van der Waals surface area (Å²) < 4.78 is 0. The van der Waals surface area contributed by atoms with Crippen LogP contribution >= 0.6 is 23.8 Å². The minimum atomic E-state index is 0.547. The van der Waals surface area contributed by atoms with E-state index in [1.165, 1.54) is 0 Å². The van der Waals surface area contributed by atoms with Gasteiger partial charge in [0.2, 0.25) is 0 Å². The van der Waals surface area contributed by atoms with Crippen LogP contribution in [-0.4, -0.2) is 9.97 Å². The maximum absolute atomic E-state index is 5.90. The summed E-state index contributed by atoms with van der Waals surface area (Å²) >= 11 is 11.1. The third-order valence-corrected chi connectivity index (χ3v) is 2.97. The number of hydrogen-bond donors (Lipinski definition) is 2. The summed E-state index contributed by atoms with van der Waals surface area (Å²) in [6, 6.07) is 9.25. The first kappa shape index (κ1) is 12.8. The van der Waals surface area contributed by atoms with Gasteiger partial charge < -0.3 is 11.1 Å². The van der Waals surface area contributed by atoms with Gasteiger partial charge in [0.05, 0.1) is 5.02 Å². The zero-order valence-corrected chi connectivity index (χ0v) is 11.3. The van der Waals surface area contributed by atoms with Crippen LogP contribution in [0.15, 0.2) is 36.5 Å². The fourth-order valence-corrected chi connectivity index (χ4v) is 1.89. The van der Waals surface area contributed by atoms with Crippen molar-refractivity contribution in [2.45, 2.75) is 6.92 Å². The van der Waals surface area contributed by atoms with Crippen LogP contribution in [0.4, 0.5) is 11.5 Å². The molecule has 0 fully saturated rings. The van der Waals surface area contributed by atoms with Gasteiger partial charge in [0.25, 0.3) is 0 Å². The number of benzene rings is 1. The maximum atomic E-state index is 5.90. The van der Waals surface area contributed by atoms with E-state index in [9.17, 15) is 0 Å². The van der Waals surface area contributed by atoms with Crippen molar-refractivity contribution in [2.75, 3.05) is 11.1 Å². The zero-order valence-electron chi connectivity index (χ0n) is 9.77. The van der Waals surface area contributed by atoms with Crippen LogP contribution < -0.4 is 11.1 Å². The number of aryl methyl sites for hydroxylation is 1. The molecule has 0 amide bonds. The van der Waals surface area contributed by atoms with Crippen molar-refractivity contribution in [2.24, 2.45) is 0 Å². The van der Waals surface area contributed by atoms with Gasteiger partial charge in [-0.25, -0.2) is 4.98 Å². The molecule has 0 atom stereocenters. The molecule has 1 aromatic carbocycles. The van der Waals surface area contributed by atoms with Crippen molar-refractivity contribution in [3.63, 3.8) is 0 Å². The van der Waals surface area contributed by atoms with Gasteiger partial charge in [0.15, 0.2) is 0 Å². The number of anilines is 2. The first-order valence-corrected chi connectivity index (χ1v) is 6.14. The van der Waals surface area contributed by atoms with E-state index in [4.69, 9.17) is 29.6 Å². The highest BCUT2D eigenvalue weighted by Crippen LogP contribution is 2.17. The average Bonchev–Trinajstić information content (AvgIpc) is 2.35. The van der Waals surface area contributed by atoms with Gasteiger partial charge in [-0.1, -0.05) is 35.4 Å². The molecule has 1 heterocycles. The van der Waals surface area contributed by atoms with Crippen molar-refractivity contribution < 1.29 is 0 Å². The normalized spacial score (nSPS) is 10.1. The molecule has 18 heavy (non-hydrogen) atoms. The fraction of sp³-hybridized carbons (Fsp3) is 0.0769. The molecule has 5 heteroatoms. The van der Waals surface area contributed by atoms with Gasteiger partial charge in [0.1, 0.15) is 10.8 Å². The Morgan fingerprint density at radius 2 is 2.11 bits per heavy atom. The predicted molar refractivity (Wildman–Crippen MR) is 80.2 cm³/mol. The van der Waals surface area contributed by atoms with E-state index >= 15 is 0 Å². The Balaban J connectivity index is 2.21. The predicted octanol–water partition coefficient (Wildman–Crippen LogP) is 3.41. The molecule has 0 radical (unpaired) electrons. The molecule has 2 aromatic rings. The number of hydrogen-bond acceptors (Lipinski definition) is 3. The van der Waals surface area contributed by atoms with Crippen LogP contribution in [0.1, 0.15) is 11.1 Å². The highest BCUT2D eigenvalue weighted by molar-refractivity contribution is 7.81. The number of thiocarbonyl (C=S) groups is 1. The molecule has 1 aromatic heterocycles. The zero-order chi connectivity index (χ0) is 13.1. The molecule has 2 rings (SSSR count). The summed E-state index contributed by atoms with van der Waals surface area (Å²) in [6.07, 6.45) is 1.56. The molecule has 0 spiro atoms. The van der Waals surface area contributed by atoms with Gasteiger partial charge in [-0.3, -0.25) is 0 Å². The van der Waals surface area contributed by atoms with Crippen molar-refractivity contribution in [3.05, 3.63) is 52.7 Å². The van der Waals surface area contributed by atoms with Crippen LogP contribution in [0, 0.1) is 6.92 Å². The van der Waals surface area contributed by atoms with Gasteiger partial charge in [0, 0.05) is 17.4 Å². The lowest BCUT2D eigenvalue weighted by Crippen LogP contribution is -2.13. The minimum Gasteiger partial charge on any atom is -0.398 e. The Kier molecular flexibility index (Phi) is 3.79. The molecule has 0 aliphatic carbocycles. The van der Waals surface area contributed by atoms with Crippen LogP contribution in [-0.2, 0) is 0 Å². The summed E-state index contributed by atoms with van der Waals surface area (Å²) in [5.74, 6) is 0.644. The molecule has 0 aliphatic rings. The molecule has 0 unspecified atom stereocenters. The first-order valence-electron chi connectivity index (χ1n) is 5.35. The average molecular weight is 278 g/mol. The van der Waals surface area contributed by atoms with Crippen LogP contribution in [0.2, 0.25) is 5.02 Å². The molecule has 0 aliphatic heterocycles. The number of nitrogen functional groups attached to an aromatic ring is 1. The number of pyridine rings is 1. The topological polar surface area (TPSA) is 50.9 Å². The summed E-state index contributed by atoms with van der Waals surface area (Å²) in [6.45, 7) is 1.99. The van der Waals surface area contributed by atoms with Crippen molar-refractivity contribution in [3.8, 4) is 0 Å². The number of nitrogens with zero attached hydrogens (tertiary/aromatic N) is 1. The van der Waals surface area contributed by atoms with Crippen LogP contribution in [0.5, 0.6) is 0 Å². The molecule has 3 nitrogen and oxygen atoms in total. The van der Waals surface area contributed by atoms with Crippen LogP contribution in [0.25, 0.3) is 0 Å². The Hall–Kier alpha value is -1.65. The summed E-state index contributed by atoms with van der Waals surface area (Å²) in [4.78, 5) is 4.67. The SMILES string of the molecule is Cc1ccc(N)c(C(=S)Nc2ccc(Cl)cn2)c1. The third-order valence-electron chi connectivity index (χ3n) is 2.42. The van der Waals surface area contributed by atoms with Gasteiger partial charge >= 0.3 is 0 Å². The second-order valence-electron chi connectivity index (χ2n) is 3.91. The van der Waals surface area contributed by atoms with Crippen molar-refractivity contribution in [1.29, 1.82) is 0 Å². The Morgan fingerprint density at radius 3 is 2.78 bits per heavy atom. The molecular weight excluding hydrogens is 266 g/mol. The molecule has 0 bridgehead atoms. The summed E-state index contributed by atoms with van der Waals surface area (Å²) in [5, 5.41) is 3.62. The van der Waals surface area contributed by atoms with Crippen molar-refractivity contribution in [1.82, 2.24) is 4.98 Å². The number of halogens is 1. The first-order chi connectivity index (χ1) is 8.56. The van der Waals surface area contributed by atoms with Gasteiger partial charge in [-0.15, -0.1) is 0 Å². The van der Waals surface area contributed by atoms with E-state index in [1.54, 1.807) is 18.3 Å². The lowest BCUT2D eigenvalue weighted by molar-refractivity contribution is 1.32. The second-order valence-corrected chi connectivity index (χ2v) is 4.75. The Bertz CT molecular complexity index is 581.